The number of halogens is 2. The van der Waals surface area contributed by atoms with E-state index in [0.29, 0.717) is 12.3 Å². The Kier molecular flexibility index (Phi) is 3.91. The van der Waals surface area contributed by atoms with Crippen LogP contribution in [0.2, 0.25) is 0 Å². The number of rotatable bonds is 5. The first-order valence-corrected chi connectivity index (χ1v) is 6.03. The van der Waals surface area contributed by atoms with E-state index in [4.69, 9.17) is 5.73 Å². The summed E-state index contributed by atoms with van der Waals surface area (Å²) in [5.41, 5.74) is 5.97. The maximum atomic E-state index is 13.3. The lowest BCUT2D eigenvalue weighted by Gasteiger charge is -2.12. The van der Waals surface area contributed by atoms with Crippen LogP contribution in [-0.2, 0) is 11.3 Å². The van der Waals surface area contributed by atoms with Crippen molar-refractivity contribution >= 4 is 5.91 Å². The third-order valence-electron chi connectivity index (χ3n) is 3.09. The van der Waals surface area contributed by atoms with Gasteiger partial charge in [-0.2, -0.15) is 0 Å². The lowest BCUT2D eigenvalue weighted by molar-refractivity contribution is -0.122. The van der Waals surface area contributed by atoms with E-state index >= 15 is 0 Å². The Morgan fingerprint density at radius 2 is 2.17 bits per heavy atom. The fourth-order valence-corrected chi connectivity index (χ4v) is 1.80. The first-order valence-electron chi connectivity index (χ1n) is 6.03. The second-order valence-electron chi connectivity index (χ2n) is 4.74. The molecule has 98 valence electrons. The molecular weight excluding hydrogens is 238 g/mol. The molecule has 0 saturated heterocycles. The van der Waals surface area contributed by atoms with Crippen LogP contribution in [0.4, 0.5) is 8.78 Å². The predicted octanol–water partition coefficient (Wildman–Crippen LogP) is 1.71. The number of amides is 1. The Balaban J connectivity index is 1.84. The molecule has 0 heterocycles. The zero-order chi connectivity index (χ0) is 13.1. The SMILES string of the molecule is N[C@@H](CC1CC1)C(=O)NCc1ccc(F)cc1F. The molecule has 5 heteroatoms. The van der Waals surface area contributed by atoms with Gasteiger partial charge in [-0.15, -0.1) is 0 Å². The number of benzene rings is 1. The van der Waals surface area contributed by atoms with Crippen molar-refractivity contribution in [2.45, 2.75) is 31.8 Å². The molecule has 18 heavy (non-hydrogen) atoms. The van der Waals surface area contributed by atoms with Crippen LogP contribution in [0.25, 0.3) is 0 Å². The second-order valence-corrected chi connectivity index (χ2v) is 4.74. The zero-order valence-electron chi connectivity index (χ0n) is 9.96. The van der Waals surface area contributed by atoms with Gasteiger partial charge in [0.25, 0.3) is 0 Å². The summed E-state index contributed by atoms with van der Waals surface area (Å²) in [4.78, 5) is 11.6. The topological polar surface area (TPSA) is 55.1 Å². The van der Waals surface area contributed by atoms with Gasteiger partial charge in [0.1, 0.15) is 11.6 Å². The molecule has 1 amide bonds. The normalized spacial score (nSPS) is 16.4. The van der Waals surface area contributed by atoms with Crippen LogP contribution in [0, 0.1) is 17.6 Å². The molecule has 2 rings (SSSR count). The minimum atomic E-state index is -0.661. The summed E-state index contributed by atoms with van der Waals surface area (Å²) < 4.78 is 26.0. The van der Waals surface area contributed by atoms with E-state index in [1.807, 2.05) is 0 Å². The Labute approximate surface area is 104 Å². The van der Waals surface area contributed by atoms with Gasteiger partial charge in [-0.25, -0.2) is 8.78 Å². The minimum Gasteiger partial charge on any atom is -0.351 e. The maximum Gasteiger partial charge on any atom is 0.237 e. The summed E-state index contributed by atoms with van der Waals surface area (Å²) in [7, 11) is 0. The second kappa shape index (κ2) is 5.44. The molecule has 0 radical (unpaired) electrons. The summed E-state index contributed by atoms with van der Waals surface area (Å²) in [5, 5.41) is 2.57. The molecule has 1 aromatic rings. The number of carbonyl (C=O) groups is 1. The molecular formula is C13H16F2N2O. The van der Waals surface area contributed by atoms with E-state index in [2.05, 4.69) is 5.32 Å². The van der Waals surface area contributed by atoms with Gasteiger partial charge in [-0.3, -0.25) is 4.79 Å². The van der Waals surface area contributed by atoms with Gasteiger partial charge < -0.3 is 11.1 Å². The first kappa shape index (κ1) is 13.0. The molecule has 0 aromatic heterocycles. The lowest BCUT2D eigenvalue weighted by Crippen LogP contribution is -2.40. The van der Waals surface area contributed by atoms with E-state index < -0.39 is 17.7 Å². The molecule has 0 aliphatic heterocycles. The number of nitrogens with two attached hydrogens (primary N) is 1. The van der Waals surface area contributed by atoms with Gasteiger partial charge in [0.15, 0.2) is 0 Å². The van der Waals surface area contributed by atoms with Gasteiger partial charge in [0.2, 0.25) is 5.91 Å². The average Bonchev–Trinajstić information content (AvgIpc) is 3.11. The van der Waals surface area contributed by atoms with E-state index in [0.717, 1.165) is 25.0 Å². The minimum absolute atomic E-state index is 0.0311. The van der Waals surface area contributed by atoms with Gasteiger partial charge in [0.05, 0.1) is 6.04 Å². The van der Waals surface area contributed by atoms with Gasteiger partial charge >= 0.3 is 0 Å². The lowest BCUT2D eigenvalue weighted by atomic mass is 10.1. The van der Waals surface area contributed by atoms with Crippen molar-refractivity contribution in [3.63, 3.8) is 0 Å². The molecule has 1 atom stereocenters. The molecule has 1 aliphatic carbocycles. The van der Waals surface area contributed by atoms with E-state index in [9.17, 15) is 13.6 Å². The molecule has 0 spiro atoms. The van der Waals surface area contributed by atoms with Crippen molar-refractivity contribution < 1.29 is 13.6 Å². The first-order chi connectivity index (χ1) is 8.56. The Morgan fingerprint density at radius 3 is 2.78 bits per heavy atom. The highest BCUT2D eigenvalue weighted by Gasteiger charge is 2.26. The van der Waals surface area contributed by atoms with E-state index in [1.54, 1.807) is 0 Å². The van der Waals surface area contributed by atoms with Crippen molar-refractivity contribution in [3.05, 3.63) is 35.4 Å². The third kappa shape index (κ3) is 3.50. The Morgan fingerprint density at radius 1 is 1.44 bits per heavy atom. The quantitative estimate of drug-likeness (QED) is 0.840. The number of hydrogen-bond donors (Lipinski definition) is 2. The standard InChI is InChI=1S/C13H16F2N2O/c14-10-4-3-9(11(15)6-10)7-17-13(18)12(16)5-8-1-2-8/h3-4,6,8,12H,1-2,5,7,16H2,(H,17,18)/t12-/m0/s1. The molecule has 3 nitrogen and oxygen atoms in total. The summed E-state index contributed by atoms with van der Waals surface area (Å²) in [6.45, 7) is 0.0311. The predicted molar refractivity (Wildman–Crippen MR) is 63.5 cm³/mol. The number of carbonyl (C=O) groups excluding carboxylic acids is 1. The van der Waals surface area contributed by atoms with Gasteiger partial charge in [0, 0.05) is 18.2 Å². The van der Waals surface area contributed by atoms with Crippen LogP contribution in [0.1, 0.15) is 24.8 Å². The van der Waals surface area contributed by atoms with Crippen LogP contribution in [0.3, 0.4) is 0 Å². The van der Waals surface area contributed by atoms with E-state index in [-0.39, 0.29) is 18.0 Å². The molecule has 1 fully saturated rings. The Hall–Kier alpha value is -1.49. The zero-order valence-corrected chi connectivity index (χ0v) is 9.96. The largest absolute Gasteiger partial charge is 0.351 e. The van der Waals surface area contributed by atoms with Gasteiger partial charge in [-0.05, 0) is 18.4 Å². The average molecular weight is 254 g/mol. The molecule has 1 aromatic carbocycles. The van der Waals surface area contributed by atoms with Crippen molar-refractivity contribution in [2.75, 3.05) is 0 Å². The fraction of sp³-hybridized carbons (Fsp3) is 0.462. The van der Waals surface area contributed by atoms with Crippen molar-refractivity contribution in [1.29, 1.82) is 0 Å². The molecule has 1 saturated carbocycles. The molecule has 3 N–H and O–H groups in total. The van der Waals surface area contributed by atoms with Crippen LogP contribution >= 0.6 is 0 Å². The number of nitrogens with one attached hydrogen (secondary N) is 1. The van der Waals surface area contributed by atoms with Crippen molar-refractivity contribution in [2.24, 2.45) is 11.7 Å². The van der Waals surface area contributed by atoms with Crippen molar-refractivity contribution in [1.82, 2.24) is 5.32 Å². The summed E-state index contributed by atoms with van der Waals surface area (Å²) in [5.74, 6) is -1.02. The highest BCUT2D eigenvalue weighted by molar-refractivity contribution is 5.81. The van der Waals surface area contributed by atoms with Crippen LogP contribution in [0.5, 0.6) is 0 Å². The maximum absolute atomic E-state index is 13.3. The summed E-state index contributed by atoms with van der Waals surface area (Å²) >= 11 is 0. The molecule has 1 aliphatic rings. The smallest absolute Gasteiger partial charge is 0.237 e. The van der Waals surface area contributed by atoms with Crippen LogP contribution in [0.15, 0.2) is 18.2 Å². The van der Waals surface area contributed by atoms with Crippen molar-refractivity contribution in [3.8, 4) is 0 Å². The number of hydrogen-bond acceptors (Lipinski definition) is 2. The molecule has 0 bridgehead atoms. The van der Waals surface area contributed by atoms with Crippen LogP contribution < -0.4 is 11.1 Å². The van der Waals surface area contributed by atoms with Crippen LogP contribution in [-0.4, -0.2) is 11.9 Å². The summed E-state index contributed by atoms with van der Waals surface area (Å²) in [6, 6.07) is 2.73. The highest BCUT2D eigenvalue weighted by atomic mass is 19.1. The fourth-order valence-electron chi connectivity index (χ4n) is 1.80. The third-order valence-corrected chi connectivity index (χ3v) is 3.09. The summed E-state index contributed by atoms with van der Waals surface area (Å²) in [6.07, 6.45) is 2.94. The van der Waals surface area contributed by atoms with Gasteiger partial charge in [-0.1, -0.05) is 18.9 Å². The monoisotopic (exact) mass is 254 g/mol. The van der Waals surface area contributed by atoms with E-state index in [1.165, 1.54) is 6.07 Å². The molecule has 0 unspecified atom stereocenters. The Bertz CT molecular complexity index is 447. The highest BCUT2D eigenvalue weighted by Crippen LogP contribution is 2.33.